The maximum absolute atomic E-state index is 12.5. The first-order chi connectivity index (χ1) is 12.0. The number of hydrogen-bond acceptors (Lipinski definition) is 5. The molecule has 0 aliphatic rings. The number of halogens is 1. The van der Waals surface area contributed by atoms with E-state index >= 15 is 0 Å². The lowest BCUT2D eigenvalue weighted by Crippen LogP contribution is -2.34. The second-order valence-electron chi connectivity index (χ2n) is 5.30. The molecular formula is C16H15BrN4O3S. The molecule has 0 aliphatic heterocycles. The molecule has 0 atom stereocenters. The van der Waals surface area contributed by atoms with Crippen LogP contribution in [0, 0.1) is 0 Å². The van der Waals surface area contributed by atoms with E-state index in [-0.39, 0.29) is 18.4 Å². The van der Waals surface area contributed by atoms with Crippen LogP contribution < -0.4 is 10.1 Å². The van der Waals surface area contributed by atoms with E-state index < -0.39 is 0 Å². The minimum atomic E-state index is -0.274. The number of fused-ring (bicyclic) bond motifs is 1. The number of thiophene rings is 1. The number of benzene rings is 1. The minimum absolute atomic E-state index is 0.0479. The number of H-pyrrole nitrogens is 1. The molecule has 0 bridgehead atoms. The van der Waals surface area contributed by atoms with E-state index in [2.05, 4.69) is 31.4 Å². The van der Waals surface area contributed by atoms with Crippen molar-refractivity contribution in [3.8, 4) is 5.75 Å². The molecule has 2 N–H and O–H groups in total. The highest BCUT2D eigenvalue weighted by molar-refractivity contribution is 9.10. The predicted octanol–water partition coefficient (Wildman–Crippen LogP) is 3.11. The summed E-state index contributed by atoms with van der Waals surface area (Å²) in [6, 6.07) is 8.75. The van der Waals surface area contributed by atoms with Gasteiger partial charge in [-0.15, -0.1) is 11.3 Å². The van der Waals surface area contributed by atoms with Crippen LogP contribution in [0.5, 0.6) is 5.75 Å². The summed E-state index contributed by atoms with van der Waals surface area (Å²) in [7, 11) is 3.17. The van der Waals surface area contributed by atoms with Gasteiger partial charge in [0.05, 0.1) is 18.5 Å². The summed E-state index contributed by atoms with van der Waals surface area (Å²) in [4.78, 5) is 27.3. The summed E-state index contributed by atoms with van der Waals surface area (Å²) in [5.74, 6) is 0.211. The van der Waals surface area contributed by atoms with Crippen LogP contribution in [-0.4, -0.2) is 47.6 Å². The molecule has 0 fully saturated rings. The highest BCUT2D eigenvalue weighted by atomic mass is 79.9. The largest absolute Gasteiger partial charge is 0.497 e. The third-order valence-electron chi connectivity index (χ3n) is 3.52. The number of likely N-dealkylation sites (N-methyl/N-ethyl adjacent to an activating group) is 1. The molecule has 0 aliphatic carbocycles. The third-order valence-corrected chi connectivity index (χ3v) is 5.14. The summed E-state index contributed by atoms with van der Waals surface area (Å²) in [6.07, 6.45) is 0. The number of hydrogen-bond donors (Lipinski definition) is 2. The lowest BCUT2D eigenvalue weighted by molar-refractivity contribution is -0.116. The summed E-state index contributed by atoms with van der Waals surface area (Å²) in [5, 5.41) is 10.5. The Bertz CT molecular complexity index is 919. The number of ether oxygens (including phenoxy) is 1. The number of aromatic amines is 1. The smallest absolute Gasteiger partial charge is 0.264 e. The molecule has 0 unspecified atom stereocenters. The molecule has 25 heavy (non-hydrogen) atoms. The van der Waals surface area contributed by atoms with E-state index in [0.717, 1.165) is 14.8 Å². The van der Waals surface area contributed by atoms with Gasteiger partial charge in [-0.05, 0) is 46.3 Å². The first-order valence-electron chi connectivity index (χ1n) is 7.30. The minimum Gasteiger partial charge on any atom is -0.497 e. The Morgan fingerprint density at radius 1 is 1.36 bits per heavy atom. The van der Waals surface area contributed by atoms with E-state index in [1.165, 1.54) is 16.2 Å². The van der Waals surface area contributed by atoms with Gasteiger partial charge >= 0.3 is 0 Å². The van der Waals surface area contributed by atoms with Crippen LogP contribution in [-0.2, 0) is 4.79 Å². The van der Waals surface area contributed by atoms with Crippen LogP contribution in [0.1, 0.15) is 9.67 Å². The lowest BCUT2D eigenvalue weighted by Gasteiger charge is -2.16. The molecule has 0 radical (unpaired) electrons. The Labute approximate surface area is 156 Å². The molecule has 0 spiro atoms. The number of carbonyl (C=O) groups excluding carboxylic acids is 2. The average Bonchev–Trinajstić information content (AvgIpc) is 3.17. The lowest BCUT2D eigenvalue weighted by atomic mass is 10.3. The van der Waals surface area contributed by atoms with Crippen molar-refractivity contribution in [1.82, 2.24) is 15.1 Å². The fraction of sp³-hybridized carbons (Fsp3) is 0.188. The van der Waals surface area contributed by atoms with Crippen LogP contribution in [0.15, 0.2) is 34.9 Å². The molecular weight excluding hydrogens is 408 g/mol. The average molecular weight is 423 g/mol. The Hall–Kier alpha value is -2.39. The predicted molar refractivity (Wildman–Crippen MR) is 100 cm³/mol. The van der Waals surface area contributed by atoms with Crippen molar-refractivity contribution >= 4 is 55.0 Å². The van der Waals surface area contributed by atoms with Gasteiger partial charge in [-0.1, -0.05) is 0 Å². The number of methoxy groups -OCH3 is 1. The molecule has 9 heteroatoms. The van der Waals surface area contributed by atoms with Crippen molar-refractivity contribution in [2.24, 2.45) is 0 Å². The van der Waals surface area contributed by atoms with Gasteiger partial charge in [0.1, 0.15) is 15.2 Å². The standard InChI is InChI=1S/C16H15BrN4O3S/c1-21(8-13(22)18-9-3-5-10(24-2)6-4-9)16(23)12-7-11-14(17)19-20-15(11)25-12/h3-7H,8H2,1-2H3,(H,18,22)(H,19,20). The Morgan fingerprint density at radius 3 is 2.72 bits per heavy atom. The summed E-state index contributed by atoms with van der Waals surface area (Å²) in [5.41, 5.74) is 0.644. The monoisotopic (exact) mass is 422 g/mol. The van der Waals surface area contributed by atoms with E-state index in [9.17, 15) is 9.59 Å². The van der Waals surface area contributed by atoms with Gasteiger partial charge in [0.2, 0.25) is 5.91 Å². The van der Waals surface area contributed by atoms with Crippen LogP contribution in [0.2, 0.25) is 0 Å². The van der Waals surface area contributed by atoms with Crippen molar-refractivity contribution in [1.29, 1.82) is 0 Å². The highest BCUT2D eigenvalue weighted by Crippen LogP contribution is 2.29. The van der Waals surface area contributed by atoms with Gasteiger partial charge < -0.3 is 15.0 Å². The van der Waals surface area contributed by atoms with Crippen molar-refractivity contribution in [2.75, 3.05) is 26.0 Å². The number of amides is 2. The number of carbonyl (C=O) groups is 2. The van der Waals surface area contributed by atoms with Gasteiger partial charge in [0, 0.05) is 18.1 Å². The Kier molecular flexibility index (Phi) is 5.05. The van der Waals surface area contributed by atoms with Gasteiger partial charge in [-0.25, -0.2) is 0 Å². The summed E-state index contributed by atoms with van der Waals surface area (Å²) >= 11 is 4.63. The molecule has 130 valence electrons. The third kappa shape index (κ3) is 3.83. The molecule has 3 aromatic rings. The SMILES string of the molecule is COc1ccc(NC(=O)CN(C)C(=O)c2cc3c(Br)[nH]nc3s2)cc1. The fourth-order valence-electron chi connectivity index (χ4n) is 2.24. The molecule has 7 nitrogen and oxygen atoms in total. The van der Waals surface area contributed by atoms with Gasteiger partial charge in [0.15, 0.2) is 0 Å². The number of nitrogens with zero attached hydrogens (tertiary/aromatic N) is 2. The van der Waals surface area contributed by atoms with Crippen LogP contribution in [0.25, 0.3) is 10.2 Å². The maximum atomic E-state index is 12.5. The highest BCUT2D eigenvalue weighted by Gasteiger charge is 2.19. The first kappa shape index (κ1) is 17.4. The van der Waals surface area contributed by atoms with Crippen molar-refractivity contribution in [3.05, 3.63) is 39.8 Å². The molecule has 3 rings (SSSR count). The maximum Gasteiger partial charge on any atom is 0.264 e. The first-order valence-corrected chi connectivity index (χ1v) is 8.91. The number of nitrogens with one attached hydrogen (secondary N) is 2. The van der Waals surface area contributed by atoms with Gasteiger partial charge in [-0.3, -0.25) is 14.7 Å². The molecule has 0 saturated heterocycles. The normalized spacial score (nSPS) is 10.7. The summed E-state index contributed by atoms with van der Waals surface area (Å²) in [6.45, 7) is -0.0479. The van der Waals surface area contributed by atoms with E-state index in [1.54, 1.807) is 44.5 Å². The second kappa shape index (κ2) is 7.24. The zero-order valence-corrected chi connectivity index (χ0v) is 15.9. The zero-order chi connectivity index (χ0) is 18.0. The molecule has 1 aromatic carbocycles. The van der Waals surface area contributed by atoms with E-state index in [4.69, 9.17) is 4.74 Å². The van der Waals surface area contributed by atoms with Crippen molar-refractivity contribution in [3.63, 3.8) is 0 Å². The topological polar surface area (TPSA) is 87.3 Å². The Balaban J connectivity index is 1.62. The zero-order valence-electron chi connectivity index (χ0n) is 13.5. The molecule has 0 saturated carbocycles. The number of anilines is 1. The summed E-state index contributed by atoms with van der Waals surface area (Å²) < 4.78 is 5.80. The fourth-order valence-corrected chi connectivity index (χ4v) is 3.75. The molecule has 2 aromatic heterocycles. The van der Waals surface area contributed by atoms with Crippen molar-refractivity contribution < 1.29 is 14.3 Å². The van der Waals surface area contributed by atoms with E-state index in [0.29, 0.717) is 16.3 Å². The van der Waals surface area contributed by atoms with Crippen molar-refractivity contribution in [2.45, 2.75) is 0 Å². The van der Waals surface area contributed by atoms with Gasteiger partial charge in [0.25, 0.3) is 5.91 Å². The number of aromatic nitrogens is 2. The van der Waals surface area contributed by atoms with Crippen LogP contribution >= 0.6 is 27.3 Å². The second-order valence-corrected chi connectivity index (χ2v) is 7.13. The number of rotatable bonds is 5. The van der Waals surface area contributed by atoms with E-state index in [1.807, 2.05) is 0 Å². The van der Waals surface area contributed by atoms with Crippen LogP contribution in [0.3, 0.4) is 0 Å². The van der Waals surface area contributed by atoms with Gasteiger partial charge in [-0.2, -0.15) is 5.10 Å². The molecule has 2 heterocycles. The van der Waals surface area contributed by atoms with Crippen LogP contribution in [0.4, 0.5) is 5.69 Å². The quantitative estimate of drug-likeness (QED) is 0.660. The molecule has 2 amide bonds. The Morgan fingerprint density at radius 2 is 2.08 bits per heavy atom.